The van der Waals surface area contributed by atoms with Crippen LogP contribution in [-0.4, -0.2) is 90.8 Å². The molecular formula is C39H48N6O4. The SMILES string of the molecule is COc1cc(-c2ccc(N3CCCN(c4ccc(-c5cc(OC)c(N6CCCC6)c(OC)c5)cn4)CC3)nc2)cc(OC)c1N1CCCC1. The molecule has 3 saturated heterocycles. The summed E-state index contributed by atoms with van der Waals surface area (Å²) in [5.41, 5.74) is 6.23. The highest BCUT2D eigenvalue weighted by atomic mass is 16.5. The number of hydrogen-bond acceptors (Lipinski definition) is 10. The average molecular weight is 665 g/mol. The highest BCUT2D eigenvalue weighted by molar-refractivity contribution is 5.79. The maximum atomic E-state index is 5.84. The van der Waals surface area contributed by atoms with E-state index >= 15 is 0 Å². The summed E-state index contributed by atoms with van der Waals surface area (Å²) in [6.07, 6.45) is 9.71. The Hall–Kier alpha value is -4.86. The Morgan fingerprint density at radius 1 is 0.408 bits per heavy atom. The fourth-order valence-electron chi connectivity index (χ4n) is 7.49. The number of nitrogens with zero attached hydrogens (tertiary/aromatic N) is 6. The zero-order valence-corrected chi connectivity index (χ0v) is 29.3. The van der Waals surface area contributed by atoms with E-state index in [1.807, 2.05) is 12.4 Å². The molecule has 7 rings (SSSR count). The van der Waals surface area contributed by atoms with E-state index < -0.39 is 0 Å². The topological polar surface area (TPSA) is 75.7 Å². The lowest BCUT2D eigenvalue weighted by molar-refractivity contribution is 0.395. The number of benzene rings is 2. The van der Waals surface area contributed by atoms with Gasteiger partial charge in [0.05, 0.1) is 28.4 Å². The molecule has 5 heterocycles. The normalized spacial score (nSPS) is 16.6. The van der Waals surface area contributed by atoms with E-state index in [9.17, 15) is 0 Å². The molecule has 0 atom stereocenters. The largest absolute Gasteiger partial charge is 0.494 e. The zero-order valence-electron chi connectivity index (χ0n) is 29.3. The van der Waals surface area contributed by atoms with Crippen molar-refractivity contribution in [3.8, 4) is 45.3 Å². The van der Waals surface area contributed by atoms with E-state index in [0.29, 0.717) is 0 Å². The number of anilines is 4. The van der Waals surface area contributed by atoms with Crippen LogP contribution in [0.1, 0.15) is 32.1 Å². The highest BCUT2D eigenvalue weighted by Gasteiger charge is 2.24. The summed E-state index contributed by atoms with van der Waals surface area (Å²) >= 11 is 0. The van der Waals surface area contributed by atoms with Crippen molar-refractivity contribution >= 4 is 23.0 Å². The van der Waals surface area contributed by atoms with Gasteiger partial charge in [0.15, 0.2) is 0 Å². The van der Waals surface area contributed by atoms with Crippen LogP contribution in [0.4, 0.5) is 23.0 Å². The summed E-state index contributed by atoms with van der Waals surface area (Å²) in [4.78, 5) is 19.3. The zero-order chi connectivity index (χ0) is 33.7. The molecule has 0 saturated carbocycles. The van der Waals surface area contributed by atoms with Crippen molar-refractivity contribution in [2.24, 2.45) is 0 Å². The molecule has 49 heavy (non-hydrogen) atoms. The Morgan fingerprint density at radius 3 is 1.06 bits per heavy atom. The number of hydrogen-bond donors (Lipinski definition) is 0. The number of ether oxygens (including phenoxy) is 4. The molecule has 0 N–H and O–H groups in total. The van der Waals surface area contributed by atoms with Crippen LogP contribution in [0, 0.1) is 0 Å². The predicted octanol–water partition coefficient (Wildman–Crippen LogP) is 6.76. The molecule has 10 nitrogen and oxygen atoms in total. The van der Waals surface area contributed by atoms with Crippen molar-refractivity contribution < 1.29 is 18.9 Å². The van der Waals surface area contributed by atoms with Crippen LogP contribution in [0.2, 0.25) is 0 Å². The van der Waals surface area contributed by atoms with Crippen LogP contribution in [0.3, 0.4) is 0 Å². The van der Waals surface area contributed by atoms with Gasteiger partial charge >= 0.3 is 0 Å². The second-order valence-electron chi connectivity index (χ2n) is 13.0. The molecular weight excluding hydrogens is 616 g/mol. The fraction of sp³-hybridized carbons (Fsp3) is 0.436. The van der Waals surface area contributed by atoms with Gasteiger partial charge in [-0.15, -0.1) is 0 Å². The molecule has 0 amide bonds. The van der Waals surface area contributed by atoms with Crippen molar-refractivity contribution in [2.75, 3.05) is 100 Å². The number of methoxy groups -OCH3 is 4. The number of rotatable bonds is 10. The summed E-state index contributed by atoms with van der Waals surface area (Å²) in [6, 6.07) is 17.0. The molecule has 3 fully saturated rings. The van der Waals surface area contributed by atoms with E-state index in [-0.39, 0.29) is 0 Å². The van der Waals surface area contributed by atoms with E-state index in [1.165, 1.54) is 25.7 Å². The van der Waals surface area contributed by atoms with Crippen molar-refractivity contribution in [3.05, 3.63) is 60.9 Å². The van der Waals surface area contributed by atoms with Gasteiger partial charge in [-0.3, -0.25) is 0 Å². The smallest absolute Gasteiger partial charge is 0.146 e. The van der Waals surface area contributed by atoms with Crippen LogP contribution >= 0.6 is 0 Å². The molecule has 2 aromatic heterocycles. The Morgan fingerprint density at radius 2 is 0.755 bits per heavy atom. The molecule has 3 aliphatic heterocycles. The minimum atomic E-state index is 0.837. The minimum absolute atomic E-state index is 0.837. The molecule has 0 radical (unpaired) electrons. The van der Waals surface area contributed by atoms with Crippen molar-refractivity contribution in [3.63, 3.8) is 0 Å². The minimum Gasteiger partial charge on any atom is -0.494 e. The van der Waals surface area contributed by atoms with Crippen LogP contribution in [-0.2, 0) is 0 Å². The molecule has 10 heteroatoms. The lowest BCUT2D eigenvalue weighted by Gasteiger charge is -2.25. The third-order valence-electron chi connectivity index (χ3n) is 10.1. The first-order valence-corrected chi connectivity index (χ1v) is 17.5. The average Bonchev–Trinajstić information content (AvgIpc) is 3.85. The second kappa shape index (κ2) is 14.7. The molecule has 258 valence electrons. The van der Waals surface area contributed by atoms with Gasteiger partial charge in [-0.05, 0) is 91.8 Å². The Bertz CT molecular complexity index is 1540. The lowest BCUT2D eigenvalue weighted by atomic mass is 10.1. The summed E-state index contributed by atoms with van der Waals surface area (Å²) < 4.78 is 23.4. The van der Waals surface area contributed by atoms with Crippen molar-refractivity contribution in [2.45, 2.75) is 32.1 Å². The van der Waals surface area contributed by atoms with Gasteiger partial charge in [-0.2, -0.15) is 0 Å². The van der Waals surface area contributed by atoms with Gasteiger partial charge in [0.1, 0.15) is 46.0 Å². The standard InChI is InChI=1S/C39H48N6O4/c1-46-32-22-30(23-33(47-2)38(32)44-14-5-6-15-44)28-10-12-36(40-26-28)42-18-9-19-43(21-20-42)37-13-11-29(27-41-37)31-24-34(48-3)39(35(25-31)49-4)45-16-7-8-17-45/h10-13,22-27H,5-9,14-21H2,1-4H3. The van der Waals surface area contributed by atoms with Crippen LogP contribution in [0.25, 0.3) is 22.3 Å². The third kappa shape index (κ3) is 6.73. The molecule has 0 spiro atoms. The molecule has 0 unspecified atom stereocenters. The van der Waals surface area contributed by atoms with Gasteiger partial charge < -0.3 is 38.5 Å². The van der Waals surface area contributed by atoms with Gasteiger partial charge in [0, 0.05) is 75.9 Å². The summed E-state index contributed by atoms with van der Waals surface area (Å²) in [7, 11) is 6.92. The highest BCUT2D eigenvalue weighted by Crippen LogP contribution is 2.44. The fourth-order valence-corrected chi connectivity index (χ4v) is 7.49. The molecule has 3 aliphatic rings. The molecule has 0 bridgehead atoms. The third-order valence-corrected chi connectivity index (χ3v) is 10.1. The quantitative estimate of drug-likeness (QED) is 0.182. The molecule has 0 aliphatic carbocycles. The summed E-state index contributed by atoms with van der Waals surface area (Å²) in [5, 5.41) is 0. The Kier molecular flexibility index (Phi) is 9.82. The first-order chi connectivity index (χ1) is 24.1. The molecule has 2 aromatic carbocycles. The van der Waals surface area contributed by atoms with Gasteiger partial charge in [0.2, 0.25) is 0 Å². The predicted molar refractivity (Wildman–Crippen MR) is 197 cm³/mol. The van der Waals surface area contributed by atoms with E-state index in [0.717, 1.165) is 127 Å². The number of aromatic nitrogens is 2. The van der Waals surface area contributed by atoms with Gasteiger partial charge in [-0.25, -0.2) is 9.97 Å². The Labute approximate surface area is 290 Å². The van der Waals surface area contributed by atoms with Gasteiger partial charge in [-0.1, -0.05) is 0 Å². The first-order valence-electron chi connectivity index (χ1n) is 17.5. The van der Waals surface area contributed by atoms with Gasteiger partial charge in [0.25, 0.3) is 0 Å². The molecule has 4 aromatic rings. The summed E-state index contributed by atoms with van der Waals surface area (Å²) in [6.45, 7) is 7.71. The summed E-state index contributed by atoms with van der Waals surface area (Å²) in [5.74, 6) is 5.33. The maximum absolute atomic E-state index is 5.84. The number of pyridine rings is 2. The lowest BCUT2D eigenvalue weighted by Crippen LogP contribution is -2.31. The van der Waals surface area contributed by atoms with Crippen molar-refractivity contribution in [1.82, 2.24) is 9.97 Å². The van der Waals surface area contributed by atoms with E-state index in [1.54, 1.807) is 28.4 Å². The first kappa shape index (κ1) is 32.7. The van der Waals surface area contributed by atoms with E-state index in [4.69, 9.17) is 28.9 Å². The maximum Gasteiger partial charge on any atom is 0.146 e. The van der Waals surface area contributed by atoms with Crippen LogP contribution in [0.5, 0.6) is 23.0 Å². The second-order valence-corrected chi connectivity index (χ2v) is 13.0. The van der Waals surface area contributed by atoms with E-state index in [2.05, 4.69) is 68.1 Å². The monoisotopic (exact) mass is 664 g/mol. The Balaban J connectivity index is 1.03. The van der Waals surface area contributed by atoms with Crippen molar-refractivity contribution in [1.29, 1.82) is 0 Å². The van der Waals surface area contributed by atoms with Crippen LogP contribution < -0.4 is 38.5 Å². The van der Waals surface area contributed by atoms with Crippen LogP contribution in [0.15, 0.2) is 60.9 Å².